The predicted octanol–water partition coefficient (Wildman–Crippen LogP) is 0.355. The van der Waals surface area contributed by atoms with Crippen molar-refractivity contribution in [1.82, 2.24) is 14.5 Å². The van der Waals surface area contributed by atoms with Gasteiger partial charge in [-0.3, -0.25) is 23.9 Å². The Labute approximate surface area is 157 Å². The van der Waals surface area contributed by atoms with Crippen LogP contribution in [0.4, 0.5) is 5.95 Å². The number of nitrogen functional groups attached to an aromatic ring is 1. The summed E-state index contributed by atoms with van der Waals surface area (Å²) in [4.78, 5) is 42.2. The van der Waals surface area contributed by atoms with E-state index in [1.165, 1.54) is 0 Å². The molecule has 1 saturated heterocycles. The summed E-state index contributed by atoms with van der Waals surface area (Å²) in [5.41, 5.74) is 5.11. The molecule has 0 spiro atoms. The lowest BCUT2D eigenvalue weighted by molar-refractivity contribution is -0.163. The number of H-pyrrole nitrogens is 1. The van der Waals surface area contributed by atoms with Crippen molar-refractivity contribution in [3.8, 4) is 0 Å². The number of aliphatic hydroxyl groups is 1. The second kappa shape index (κ2) is 7.41. The van der Waals surface area contributed by atoms with Crippen LogP contribution in [0.2, 0.25) is 0 Å². The Balaban J connectivity index is 1.92. The smallest absolute Gasteiger partial charge is 0.311 e. The molecule has 11 heteroatoms. The molecule has 2 aromatic rings. The molecule has 3 heterocycles. The number of carbonyl (C=O) groups excluding carboxylic acids is 1. The number of hydrogen-bond donors (Lipinski definition) is 3. The van der Waals surface area contributed by atoms with Gasteiger partial charge >= 0.3 is 10.8 Å². The molecule has 27 heavy (non-hydrogen) atoms. The summed E-state index contributed by atoms with van der Waals surface area (Å²) < 4.78 is 12.6. The number of nitrogens with one attached hydrogen (secondary N) is 1. The summed E-state index contributed by atoms with van der Waals surface area (Å²) in [7, 11) is 0. The molecule has 10 nitrogen and oxygen atoms in total. The predicted molar refractivity (Wildman–Crippen MR) is 98.5 cm³/mol. The first-order valence-electron chi connectivity index (χ1n) is 8.67. The third kappa shape index (κ3) is 3.62. The van der Waals surface area contributed by atoms with Crippen LogP contribution in [0, 0.1) is 5.92 Å². The molecule has 4 N–H and O–H groups in total. The first-order chi connectivity index (χ1) is 12.7. The first kappa shape index (κ1) is 19.5. The molecule has 0 aromatic carbocycles. The Morgan fingerprint density at radius 2 is 2.22 bits per heavy atom. The summed E-state index contributed by atoms with van der Waals surface area (Å²) in [5.74, 6) is -0.786. The zero-order valence-corrected chi connectivity index (χ0v) is 16.0. The minimum absolute atomic E-state index is 0.0585. The van der Waals surface area contributed by atoms with Crippen molar-refractivity contribution in [1.29, 1.82) is 0 Å². The highest BCUT2D eigenvalue weighted by molar-refractivity contribution is 7.16. The maximum atomic E-state index is 12.4. The van der Waals surface area contributed by atoms with Crippen LogP contribution < -0.4 is 16.2 Å². The highest BCUT2D eigenvalue weighted by Gasteiger charge is 2.42. The lowest BCUT2D eigenvalue weighted by atomic mass is 10.1. The van der Waals surface area contributed by atoms with Crippen LogP contribution in [-0.4, -0.2) is 43.9 Å². The summed E-state index contributed by atoms with van der Waals surface area (Å²) in [6.07, 6.45) is -2.54. The Morgan fingerprint density at radius 1 is 1.52 bits per heavy atom. The van der Waals surface area contributed by atoms with Gasteiger partial charge in [0.05, 0.1) is 12.0 Å². The third-order valence-electron chi connectivity index (χ3n) is 4.42. The second-order valence-corrected chi connectivity index (χ2v) is 7.71. The topological polar surface area (TPSA) is 150 Å². The van der Waals surface area contributed by atoms with Gasteiger partial charge in [-0.05, 0) is 6.42 Å². The molecule has 0 bridgehead atoms. The molecule has 0 amide bonds. The quantitative estimate of drug-likeness (QED) is 0.611. The fraction of sp³-hybridized carbons (Fsp3) is 0.625. The molecule has 4 atom stereocenters. The fourth-order valence-electron chi connectivity index (χ4n) is 3.03. The number of aliphatic hydroxyl groups excluding tert-OH is 1. The monoisotopic (exact) mass is 398 g/mol. The van der Waals surface area contributed by atoms with Crippen LogP contribution in [-0.2, 0) is 14.3 Å². The Bertz CT molecular complexity index is 964. The van der Waals surface area contributed by atoms with Gasteiger partial charge in [0.25, 0.3) is 5.56 Å². The Hall–Kier alpha value is -2.24. The minimum atomic E-state index is -1.04. The zero-order valence-electron chi connectivity index (χ0n) is 15.2. The average molecular weight is 398 g/mol. The number of aromatic amines is 1. The van der Waals surface area contributed by atoms with Crippen LogP contribution in [0.3, 0.4) is 0 Å². The van der Waals surface area contributed by atoms with Crippen molar-refractivity contribution < 1.29 is 19.4 Å². The first-order valence-corrected chi connectivity index (χ1v) is 9.49. The number of anilines is 1. The van der Waals surface area contributed by atoms with Gasteiger partial charge in [0.1, 0.15) is 16.9 Å². The highest BCUT2D eigenvalue weighted by atomic mass is 32.1. The van der Waals surface area contributed by atoms with Crippen molar-refractivity contribution >= 4 is 33.6 Å². The van der Waals surface area contributed by atoms with Gasteiger partial charge in [-0.2, -0.15) is 4.98 Å². The van der Waals surface area contributed by atoms with Crippen molar-refractivity contribution in [2.75, 3.05) is 5.73 Å². The van der Waals surface area contributed by atoms with E-state index in [1.807, 2.05) is 6.92 Å². The zero-order chi connectivity index (χ0) is 19.9. The molecule has 1 aliphatic rings. The number of nitrogens with two attached hydrogens (primary N) is 1. The van der Waals surface area contributed by atoms with Crippen molar-refractivity contribution in [3.05, 3.63) is 20.0 Å². The van der Waals surface area contributed by atoms with E-state index in [1.54, 1.807) is 13.8 Å². The number of ether oxygens (including phenoxy) is 2. The van der Waals surface area contributed by atoms with Gasteiger partial charge in [-0.25, -0.2) is 0 Å². The summed E-state index contributed by atoms with van der Waals surface area (Å²) in [6.45, 7) is 5.30. The number of carbonyl (C=O) groups is 1. The van der Waals surface area contributed by atoms with Gasteiger partial charge in [0.2, 0.25) is 5.95 Å². The van der Waals surface area contributed by atoms with Crippen molar-refractivity contribution in [2.45, 2.75) is 58.2 Å². The maximum absolute atomic E-state index is 12.4. The molecule has 1 unspecified atom stereocenters. The lowest BCUT2D eigenvalue weighted by Crippen LogP contribution is -2.32. The second-order valence-electron chi connectivity index (χ2n) is 6.75. The van der Waals surface area contributed by atoms with Gasteiger partial charge in [-0.1, -0.05) is 32.1 Å². The van der Waals surface area contributed by atoms with Gasteiger partial charge in [-0.15, -0.1) is 0 Å². The highest BCUT2D eigenvalue weighted by Crippen LogP contribution is 2.33. The number of rotatable bonds is 5. The standard InChI is InChI=1S/C16H22N4O6S/c1-4-8(26-14(23)6(2)3)9-5-7(21)13(25-9)20-11-10(27-16(20)24)12(22)19-15(17)18-11/h6-9,13,21H,4-5H2,1-3H3,(H3,17,18,19,22)/t7-,8+,9?,13-/m1/s1. The summed E-state index contributed by atoms with van der Waals surface area (Å²) in [6, 6.07) is 0. The largest absolute Gasteiger partial charge is 0.459 e. The molecule has 0 radical (unpaired) electrons. The average Bonchev–Trinajstić information content (AvgIpc) is 3.11. The van der Waals surface area contributed by atoms with E-state index in [0.717, 1.165) is 4.57 Å². The third-order valence-corrected chi connectivity index (χ3v) is 5.36. The molecule has 2 aromatic heterocycles. The van der Waals surface area contributed by atoms with Crippen LogP contribution in [0.25, 0.3) is 10.3 Å². The molecule has 1 fully saturated rings. The minimum Gasteiger partial charge on any atom is -0.459 e. The van der Waals surface area contributed by atoms with E-state index < -0.39 is 35.0 Å². The molecule has 0 saturated carbocycles. The Kier molecular flexibility index (Phi) is 5.36. The van der Waals surface area contributed by atoms with E-state index >= 15 is 0 Å². The number of hydrogen-bond acceptors (Lipinski definition) is 9. The molecule has 0 aliphatic carbocycles. The number of thiazole rings is 1. The van der Waals surface area contributed by atoms with E-state index in [4.69, 9.17) is 15.2 Å². The van der Waals surface area contributed by atoms with Crippen LogP contribution in [0.5, 0.6) is 0 Å². The van der Waals surface area contributed by atoms with E-state index in [-0.39, 0.29) is 34.6 Å². The van der Waals surface area contributed by atoms with Crippen molar-refractivity contribution in [2.24, 2.45) is 5.92 Å². The lowest BCUT2D eigenvalue weighted by Gasteiger charge is -2.23. The molecule has 3 rings (SSSR count). The number of fused-ring (bicyclic) bond motifs is 1. The van der Waals surface area contributed by atoms with Crippen LogP contribution in [0.15, 0.2) is 9.59 Å². The summed E-state index contributed by atoms with van der Waals surface area (Å²) in [5, 5.41) is 10.5. The summed E-state index contributed by atoms with van der Waals surface area (Å²) >= 11 is 0.702. The Morgan fingerprint density at radius 3 is 2.85 bits per heavy atom. The number of esters is 1. The van der Waals surface area contributed by atoms with Gasteiger partial charge < -0.3 is 20.3 Å². The van der Waals surface area contributed by atoms with E-state index in [2.05, 4.69) is 9.97 Å². The molecular weight excluding hydrogens is 376 g/mol. The van der Waals surface area contributed by atoms with Crippen LogP contribution >= 0.6 is 11.3 Å². The number of aromatic nitrogens is 3. The van der Waals surface area contributed by atoms with Crippen molar-refractivity contribution in [3.63, 3.8) is 0 Å². The fourth-order valence-corrected chi connectivity index (χ4v) is 3.87. The molecule has 148 valence electrons. The van der Waals surface area contributed by atoms with E-state index in [0.29, 0.717) is 17.8 Å². The SMILES string of the molecule is CC[C@H](OC(=O)C(C)C)C1C[C@@H](O)[C@H](n2c(=O)sc3c(=O)[nH]c(N)nc32)O1. The normalized spacial score (nSPS) is 23.8. The van der Waals surface area contributed by atoms with Crippen LogP contribution in [0.1, 0.15) is 39.8 Å². The number of nitrogens with zero attached hydrogens (tertiary/aromatic N) is 2. The van der Waals surface area contributed by atoms with Gasteiger partial charge in [0, 0.05) is 6.42 Å². The molecular formula is C16H22N4O6S. The van der Waals surface area contributed by atoms with Gasteiger partial charge in [0.15, 0.2) is 11.9 Å². The maximum Gasteiger partial charge on any atom is 0.311 e. The van der Waals surface area contributed by atoms with E-state index in [9.17, 15) is 19.5 Å². The molecule has 1 aliphatic heterocycles.